The predicted molar refractivity (Wildman–Crippen MR) is 141 cm³/mol. The highest BCUT2D eigenvalue weighted by Crippen LogP contribution is 2.34. The molecule has 0 aliphatic carbocycles. The topological polar surface area (TPSA) is 129 Å². The number of hydroxylamine groups is 1. The summed E-state index contributed by atoms with van der Waals surface area (Å²) in [6.45, 7) is 11.0. The molecule has 2 N–H and O–H groups in total. The lowest BCUT2D eigenvalue weighted by Crippen LogP contribution is -2.37. The first-order chi connectivity index (χ1) is 17.4. The number of hydrogen-bond acceptors (Lipinski definition) is 11. The van der Waals surface area contributed by atoms with Crippen LogP contribution >= 0.6 is 11.3 Å². The fraction of sp³-hybridized carbons (Fsp3) is 0.333. The van der Waals surface area contributed by atoms with E-state index in [-0.39, 0.29) is 5.56 Å². The number of fused-ring (bicyclic) bond motifs is 1. The van der Waals surface area contributed by atoms with E-state index in [9.17, 15) is 4.79 Å². The lowest BCUT2D eigenvalue weighted by molar-refractivity contribution is 0.0705. The second-order valence-electron chi connectivity index (χ2n) is 8.20. The average Bonchev–Trinajstić information content (AvgIpc) is 3.30. The SMILES string of the molecule is C=C(C)N=C/C(=C\C)c1nc(N2CCOCC2)c2sc(CN(C)c3ncc(C(=O)NO)cn3)cc2n1. The van der Waals surface area contributed by atoms with Crippen LogP contribution in [0, 0.1) is 0 Å². The molecule has 1 aliphatic rings. The second kappa shape index (κ2) is 11.3. The van der Waals surface area contributed by atoms with Gasteiger partial charge < -0.3 is 14.5 Å². The number of allylic oxidation sites excluding steroid dienone is 3. The summed E-state index contributed by atoms with van der Waals surface area (Å²) < 4.78 is 6.56. The zero-order valence-electron chi connectivity index (χ0n) is 20.4. The molecule has 0 radical (unpaired) electrons. The van der Waals surface area contributed by atoms with Crippen LogP contribution in [0.2, 0.25) is 0 Å². The highest BCUT2D eigenvalue weighted by Gasteiger charge is 2.21. The smallest absolute Gasteiger partial charge is 0.277 e. The fourth-order valence-corrected chi connectivity index (χ4v) is 4.77. The van der Waals surface area contributed by atoms with Gasteiger partial charge in [-0.1, -0.05) is 12.7 Å². The Morgan fingerprint density at radius 2 is 2.06 bits per heavy atom. The molecule has 12 heteroatoms. The number of morpholine rings is 1. The summed E-state index contributed by atoms with van der Waals surface area (Å²) >= 11 is 1.63. The van der Waals surface area contributed by atoms with Gasteiger partial charge in [0, 0.05) is 54.9 Å². The summed E-state index contributed by atoms with van der Waals surface area (Å²) in [6, 6.07) is 2.06. The van der Waals surface area contributed by atoms with Crippen molar-refractivity contribution < 1.29 is 14.7 Å². The van der Waals surface area contributed by atoms with Crippen molar-refractivity contribution in [2.24, 2.45) is 4.99 Å². The van der Waals surface area contributed by atoms with Crippen LogP contribution in [0.4, 0.5) is 11.8 Å². The van der Waals surface area contributed by atoms with Gasteiger partial charge in [-0.05, 0) is 19.9 Å². The maximum atomic E-state index is 11.5. The van der Waals surface area contributed by atoms with E-state index in [2.05, 4.69) is 32.5 Å². The van der Waals surface area contributed by atoms with Crippen LogP contribution in [0.15, 0.2) is 41.8 Å². The molecular formula is C24H28N8O3S. The molecule has 0 saturated carbocycles. The third-order valence-corrected chi connectivity index (χ3v) is 6.55. The van der Waals surface area contributed by atoms with Crippen molar-refractivity contribution in [3.05, 3.63) is 53.1 Å². The van der Waals surface area contributed by atoms with E-state index in [1.54, 1.807) is 23.0 Å². The number of anilines is 2. The van der Waals surface area contributed by atoms with E-state index in [0.717, 1.165) is 39.6 Å². The van der Waals surface area contributed by atoms with Gasteiger partial charge in [-0.3, -0.25) is 15.0 Å². The van der Waals surface area contributed by atoms with Crippen LogP contribution in [0.25, 0.3) is 15.8 Å². The molecule has 0 atom stereocenters. The Hall–Kier alpha value is -3.74. The van der Waals surface area contributed by atoms with Gasteiger partial charge in [-0.25, -0.2) is 25.4 Å². The lowest BCUT2D eigenvalue weighted by atomic mass is 10.2. The van der Waals surface area contributed by atoms with Crippen LogP contribution in [-0.2, 0) is 11.3 Å². The maximum Gasteiger partial charge on any atom is 0.277 e. The number of nitrogens with zero attached hydrogens (tertiary/aromatic N) is 7. The molecule has 3 aromatic rings. The number of ether oxygens (including phenoxy) is 1. The first-order valence-corrected chi connectivity index (χ1v) is 12.2. The first kappa shape index (κ1) is 25.4. The van der Waals surface area contributed by atoms with Gasteiger partial charge in [0.1, 0.15) is 0 Å². The van der Waals surface area contributed by atoms with Crippen molar-refractivity contribution in [1.29, 1.82) is 0 Å². The van der Waals surface area contributed by atoms with Crippen molar-refractivity contribution >= 4 is 51.0 Å². The Bertz CT molecular complexity index is 1310. The molecule has 0 bridgehead atoms. The molecule has 0 unspecified atom stereocenters. The summed E-state index contributed by atoms with van der Waals surface area (Å²) in [7, 11) is 1.87. The molecule has 1 saturated heterocycles. The van der Waals surface area contributed by atoms with Crippen molar-refractivity contribution in [3.63, 3.8) is 0 Å². The molecule has 1 fully saturated rings. The molecule has 4 heterocycles. The minimum atomic E-state index is -0.660. The average molecular weight is 509 g/mol. The number of aliphatic imine (C=N–C) groups is 1. The summed E-state index contributed by atoms with van der Waals surface area (Å²) in [5, 5.41) is 8.77. The Morgan fingerprint density at radius 3 is 2.69 bits per heavy atom. The molecule has 11 nitrogen and oxygen atoms in total. The van der Waals surface area contributed by atoms with E-state index >= 15 is 0 Å². The number of hydrogen-bond donors (Lipinski definition) is 2. The summed E-state index contributed by atoms with van der Waals surface area (Å²) in [6.07, 6.45) is 6.42. The highest BCUT2D eigenvalue weighted by atomic mass is 32.1. The van der Waals surface area contributed by atoms with E-state index in [0.29, 0.717) is 37.2 Å². The first-order valence-electron chi connectivity index (χ1n) is 11.4. The van der Waals surface area contributed by atoms with E-state index in [4.69, 9.17) is 19.9 Å². The molecule has 0 spiro atoms. The van der Waals surface area contributed by atoms with E-state index in [1.807, 2.05) is 31.9 Å². The molecule has 188 valence electrons. The quantitative estimate of drug-likeness (QED) is 0.268. The van der Waals surface area contributed by atoms with Gasteiger partial charge in [0.15, 0.2) is 11.6 Å². The minimum absolute atomic E-state index is 0.171. The molecular weight excluding hydrogens is 480 g/mol. The van der Waals surface area contributed by atoms with Crippen LogP contribution in [0.5, 0.6) is 0 Å². The number of aromatic nitrogens is 4. The normalized spacial score (nSPS) is 14.4. The molecule has 1 amide bonds. The van der Waals surface area contributed by atoms with Gasteiger partial charge in [-0.15, -0.1) is 11.3 Å². The number of nitrogens with one attached hydrogen (secondary N) is 1. The zero-order valence-corrected chi connectivity index (χ0v) is 21.2. The third kappa shape index (κ3) is 5.73. The van der Waals surface area contributed by atoms with E-state index < -0.39 is 5.91 Å². The molecule has 3 aromatic heterocycles. The van der Waals surface area contributed by atoms with Crippen molar-refractivity contribution in [1.82, 2.24) is 25.4 Å². The monoisotopic (exact) mass is 508 g/mol. The van der Waals surface area contributed by atoms with Crippen molar-refractivity contribution in [3.8, 4) is 0 Å². The number of thiophene rings is 1. The number of amides is 1. The highest BCUT2D eigenvalue weighted by molar-refractivity contribution is 7.19. The Morgan fingerprint density at radius 1 is 1.33 bits per heavy atom. The largest absolute Gasteiger partial charge is 0.378 e. The Labute approximate surface area is 212 Å². The lowest BCUT2D eigenvalue weighted by Gasteiger charge is -2.28. The number of carbonyl (C=O) groups is 1. The van der Waals surface area contributed by atoms with Crippen LogP contribution < -0.4 is 15.3 Å². The van der Waals surface area contributed by atoms with Gasteiger partial charge in [0.25, 0.3) is 5.91 Å². The number of carbonyl (C=O) groups excluding carboxylic acids is 1. The standard InChI is InChI=1S/C24H28N8O3S/c1-5-16(11-25-15(2)3)21-28-19-10-18(36-20(19)22(29-21)32-6-8-35-9-7-32)14-31(4)24-26-12-17(13-27-24)23(33)30-34/h5,10-13,34H,2,6-9,14H2,1,3-4H3,(H,30,33)/b16-5+,25-11?. The van der Waals surface area contributed by atoms with E-state index in [1.165, 1.54) is 12.4 Å². The molecule has 0 aromatic carbocycles. The fourth-order valence-electron chi connectivity index (χ4n) is 3.61. The predicted octanol–water partition coefficient (Wildman–Crippen LogP) is 3.08. The number of rotatable bonds is 8. The maximum absolute atomic E-state index is 11.5. The van der Waals surface area contributed by atoms with Gasteiger partial charge in [0.05, 0.1) is 35.5 Å². The Balaban J connectivity index is 1.67. The van der Waals surface area contributed by atoms with Crippen molar-refractivity contribution in [2.75, 3.05) is 43.2 Å². The minimum Gasteiger partial charge on any atom is -0.378 e. The molecule has 4 rings (SSSR count). The van der Waals surface area contributed by atoms with Gasteiger partial charge in [-0.2, -0.15) is 0 Å². The zero-order chi connectivity index (χ0) is 25.7. The van der Waals surface area contributed by atoms with Gasteiger partial charge in [0.2, 0.25) is 5.95 Å². The summed E-state index contributed by atoms with van der Waals surface area (Å²) in [5.41, 5.74) is 4.13. The summed E-state index contributed by atoms with van der Waals surface area (Å²) in [5.74, 6) is 1.29. The Kier molecular flexibility index (Phi) is 7.98. The van der Waals surface area contributed by atoms with Crippen molar-refractivity contribution in [2.45, 2.75) is 20.4 Å². The van der Waals surface area contributed by atoms with Crippen LogP contribution in [0.1, 0.15) is 34.9 Å². The third-order valence-electron chi connectivity index (χ3n) is 5.44. The van der Waals surface area contributed by atoms with Crippen LogP contribution in [-0.4, -0.2) is 70.6 Å². The molecule has 36 heavy (non-hydrogen) atoms. The van der Waals surface area contributed by atoms with Crippen LogP contribution in [0.3, 0.4) is 0 Å². The summed E-state index contributed by atoms with van der Waals surface area (Å²) in [4.78, 5) is 39.3. The van der Waals surface area contributed by atoms with Gasteiger partial charge >= 0.3 is 0 Å². The second-order valence-corrected chi connectivity index (χ2v) is 9.34. The molecule has 1 aliphatic heterocycles.